The molecular formula is C10H15NO4S. The molecular weight excluding hydrogens is 230 g/mol. The SMILES string of the molecule is COc1ccccc1S(=O)(=O)N[C@H](C)CO. The van der Waals surface area contributed by atoms with Crippen molar-refractivity contribution in [2.24, 2.45) is 0 Å². The first kappa shape index (κ1) is 13.0. The number of ether oxygens (including phenoxy) is 1. The van der Waals surface area contributed by atoms with Gasteiger partial charge in [0.05, 0.1) is 13.7 Å². The monoisotopic (exact) mass is 245 g/mol. The van der Waals surface area contributed by atoms with Crippen LogP contribution in [0, 0.1) is 0 Å². The van der Waals surface area contributed by atoms with Gasteiger partial charge in [0.2, 0.25) is 10.0 Å². The van der Waals surface area contributed by atoms with Crippen molar-refractivity contribution in [1.82, 2.24) is 4.72 Å². The van der Waals surface area contributed by atoms with Gasteiger partial charge in [-0.05, 0) is 19.1 Å². The number of hydrogen-bond donors (Lipinski definition) is 2. The molecule has 0 heterocycles. The number of benzene rings is 1. The van der Waals surface area contributed by atoms with Crippen LogP contribution in [0.25, 0.3) is 0 Å². The van der Waals surface area contributed by atoms with Crippen LogP contribution in [0.5, 0.6) is 5.75 Å². The molecule has 0 bridgehead atoms. The van der Waals surface area contributed by atoms with Gasteiger partial charge in [-0.15, -0.1) is 0 Å². The van der Waals surface area contributed by atoms with Gasteiger partial charge in [0, 0.05) is 6.04 Å². The van der Waals surface area contributed by atoms with Gasteiger partial charge in [0.15, 0.2) is 0 Å². The van der Waals surface area contributed by atoms with Crippen molar-refractivity contribution in [3.63, 3.8) is 0 Å². The highest BCUT2D eigenvalue weighted by Crippen LogP contribution is 2.22. The van der Waals surface area contributed by atoms with E-state index in [1.165, 1.54) is 13.2 Å². The zero-order chi connectivity index (χ0) is 12.2. The van der Waals surface area contributed by atoms with E-state index in [0.29, 0.717) is 0 Å². The van der Waals surface area contributed by atoms with Crippen LogP contribution < -0.4 is 9.46 Å². The Labute approximate surface area is 95.1 Å². The smallest absolute Gasteiger partial charge is 0.244 e. The predicted octanol–water partition coefficient (Wildman–Crippen LogP) is 0.354. The summed E-state index contributed by atoms with van der Waals surface area (Å²) in [5.74, 6) is 0.278. The average Bonchev–Trinajstić information content (AvgIpc) is 2.28. The van der Waals surface area contributed by atoms with E-state index in [4.69, 9.17) is 9.84 Å². The molecule has 1 aromatic rings. The summed E-state index contributed by atoms with van der Waals surface area (Å²) in [6.07, 6.45) is 0. The highest BCUT2D eigenvalue weighted by atomic mass is 32.2. The molecule has 0 saturated heterocycles. The van der Waals surface area contributed by atoms with Gasteiger partial charge in [-0.25, -0.2) is 13.1 Å². The first-order valence-corrected chi connectivity index (χ1v) is 6.25. The number of methoxy groups -OCH3 is 1. The third-order valence-electron chi connectivity index (χ3n) is 1.99. The molecule has 0 aliphatic rings. The van der Waals surface area contributed by atoms with E-state index < -0.39 is 16.1 Å². The molecule has 1 aromatic carbocycles. The van der Waals surface area contributed by atoms with Crippen LogP contribution in [0.1, 0.15) is 6.92 Å². The van der Waals surface area contributed by atoms with Crippen LogP contribution in [0.15, 0.2) is 29.2 Å². The summed E-state index contributed by atoms with van der Waals surface area (Å²) in [6, 6.07) is 5.78. The summed E-state index contributed by atoms with van der Waals surface area (Å²) in [7, 11) is -2.24. The lowest BCUT2D eigenvalue weighted by atomic mass is 10.3. The quantitative estimate of drug-likeness (QED) is 0.785. The zero-order valence-corrected chi connectivity index (χ0v) is 9.99. The van der Waals surface area contributed by atoms with Crippen LogP contribution in [0.2, 0.25) is 0 Å². The average molecular weight is 245 g/mol. The van der Waals surface area contributed by atoms with Crippen LogP contribution in [0.4, 0.5) is 0 Å². The second kappa shape index (κ2) is 5.29. The Morgan fingerprint density at radius 1 is 1.44 bits per heavy atom. The van der Waals surface area contributed by atoms with Gasteiger partial charge in [-0.2, -0.15) is 0 Å². The van der Waals surface area contributed by atoms with Gasteiger partial charge >= 0.3 is 0 Å². The van der Waals surface area contributed by atoms with Gasteiger partial charge < -0.3 is 9.84 Å². The van der Waals surface area contributed by atoms with Gasteiger partial charge in [-0.1, -0.05) is 12.1 Å². The molecule has 0 aliphatic heterocycles. The zero-order valence-electron chi connectivity index (χ0n) is 9.17. The molecule has 1 atom stereocenters. The fraction of sp³-hybridized carbons (Fsp3) is 0.400. The Morgan fingerprint density at radius 2 is 2.06 bits per heavy atom. The van der Waals surface area contributed by atoms with Gasteiger partial charge in [-0.3, -0.25) is 0 Å². The molecule has 0 fully saturated rings. The first-order valence-electron chi connectivity index (χ1n) is 4.77. The molecule has 1 rings (SSSR count). The van der Waals surface area contributed by atoms with Crippen LogP contribution in [0.3, 0.4) is 0 Å². The van der Waals surface area contributed by atoms with E-state index in [1.54, 1.807) is 25.1 Å². The number of para-hydroxylation sites is 1. The fourth-order valence-electron chi connectivity index (χ4n) is 1.21. The molecule has 0 radical (unpaired) electrons. The Kier molecular flexibility index (Phi) is 4.28. The maximum atomic E-state index is 11.9. The summed E-state index contributed by atoms with van der Waals surface area (Å²) < 4.78 is 31.1. The van der Waals surface area contributed by atoms with Gasteiger partial charge in [0.1, 0.15) is 10.6 Å². The molecule has 0 amide bonds. The Balaban J connectivity index is 3.07. The molecule has 2 N–H and O–H groups in total. The van der Waals surface area contributed by atoms with E-state index in [1.807, 2.05) is 0 Å². The number of aliphatic hydroxyl groups is 1. The number of hydrogen-bond acceptors (Lipinski definition) is 4. The molecule has 0 aliphatic carbocycles. The molecule has 16 heavy (non-hydrogen) atoms. The molecule has 5 nitrogen and oxygen atoms in total. The summed E-state index contributed by atoms with van der Waals surface area (Å²) in [5, 5.41) is 8.81. The van der Waals surface area contributed by atoms with Gasteiger partial charge in [0.25, 0.3) is 0 Å². The lowest BCUT2D eigenvalue weighted by Crippen LogP contribution is -2.35. The third-order valence-corrected chi connectivity index (χ3v) is 3.62. The minimum Gasteiger partial charge on any atom is -0.495 e. The summed E-state index contributed by atoms with van der Waals surface area (Å²) in [6.45, 7) is 1.32. The Morgan fingerprint density at radius 3 is 2.62 bits per heavy atom. The second-order valence-electron chi connectivity index (χ2n) is 3.36. The molecule has 0 aromatic heterocycles. The number of sulfonamides is 1. The maximum Gasteiger partial charge on any atom is 0.244 e. The summed E-state index contributed by atoms with van der Waals surface area (Å²) in [5.41, 5.74) is 0. The minimum atomic E-state index is -3.65. The highest BCUT2D eigenvalue weighted by Gasteiger charge is 2.20. The van der Waals surface area contributed by atoms with Crippen molar-refractivity contribution in [2.75, 3.05) is 13.7 Å². The van der Waals surface area contributed by atoms with Crippen LogP contribution >= 0.6 is 0 Å². The Bertz CT molecular complexity index is 444. The normalized spacial score (nSPS) is 13.4. The van der Waals surface area contributed by atoms with E-state index in [0.717, 1.165) is 0 Å². The standard InChI is InChI=1S/C10H15NO4S/c1-8(7-12)11-16(13,14)10-6-4-3-5-9(10)15-2/h3-6,8,11-12H,7H2,1-2H3/t8-/m1/s1. The van der Waals surface area contributed by atoms with Crippen molar-refractivity contribution < 1.29 is 18.3 Å². The fourth-order valence-corrected chi connectivity index (χ4v) is 2.61. The largest absolute Gasteiger partial charge is 0.495 e. The highest BCUT2D eigenvalue weighted by molar-refractivity contribution is 7.89. The van der Waals surface area contributed by atoms with E-state index in [-0.39, 0.29) is 17.3 Å². The summed E-state index contributed by atoms with van der Waals surface area (Å²) in [4.78, 5) is 0.0674. The molecule has 0 spiro atoms. The molecule has 90 valence electrons. The van der Waals surface area contributed by atoms with Crippen molar-refractivity contribution in [1.29, 1.82) is 0 Å². The van der Waals surface area contributed by atoms with E-state index in [2.05, 4.69) is 4.72 Å². The van der Waals surface area contributed by atoms with Crippen LogP contribution in [-0.4, -0.2) is 33.3 Å². The predicted molar refractivity (Wildman–Crippen MR) is 59.9 cm³/mol. The van der Waals surface area contributed by atoms with Crippen molar-refractivity contribution >= 4 is 10.0 Å². The molecule has 6 heteroatoms. The minimum absolute atomic E-state index is 0.0674. The van der Waals surface area contributed by atoms with Crippen molar-refractivity contribution in [2.45, 2.75) is 17.9 Å². The number of nitrogens with one attached hydrogen (secondary N) is 1. The van der Waals surface area contributed by atoms with E-state index in [9.17, 15) is 8.42 Å². The number of aliphatic hydroxyl groups excluding tert-OH is 1. The lowest BCUT2D eigenvalue weighted by Gasteiger charge is -2.13. The van der Waals surface area contributed by atoms with Crippen LogP contribution in [-0.2, 0) is 10.0 Å². The van der Waals surface area contributed by atoms with E-state index >= 15 is 0 Å². The molecule has 0 saturated carbocycles. The third kappa shape index (κ3) is 2.94. The Hall–Kier alpha value is -1.11. The maximum absolute atomic E-state index is 11.9. The first-order chi connectivity index (χ1) is 7.51. The summed E-state index contributed by atoms with van der Waals surface area (Å²) >= 11 is 0. The number of rotatable bonds is 5. The topological polar surface area (TPSA) is 75.6 Å². The second-order valence-corrected chi connectivity index (χ2v) is 5.04. The molecule has 0 unspecified atom stereocenters. The van der Waals surface area contributed by atoms with Crippen molar-refractivity contribution in [3.05, 3.63) is 24.3 Å². The van der Waals surface area contributed by atoms with Crippen molar-refractivity contribution in [3.8, 4) is 5.75 Å². The lowest BCUT2D eigenvalue weighted by molar-refractivity contribution is 0.265.